The number of nitrogens with one attached hydrogen (secondary N) is 1. The Morgan fingerprint density at radius 1 is 1.30 bits per heavy atom. The summed E-state index contributed by atoms with van der Waals surface area (Å²) in [4.78, 5) is 0. The minimum absolute atomic E-state index is 0.457. The van der Waals surface area contributed by atoms with Gasteiger partial charge in [-0.15, -0.1) is 0 Å². The van der Waals surface area contributed by atoms with Gasteiger partial charge in [0.1, 0.15) is 0 Å². The van der Waals surface area contributed by atoms with Crippen LogP contribution in [-0.2, 0) is 4.74 Å². The van der Waals surface area contributed by atoms with Crippen molar-refractivity contribution in [2.45, 2.75) is 37.8 Å². The highest BCUT2D eigenvalue weighted by atomic mass is 16.5. The molecule has 0 saturated heterocycles. The lowest BCUT2D eigenvalue weighted by molar-refractivity contribution is 0.0445. The van der Waals surface area contributed by atoms with Crippen LogP contribution in [0.15, 0.2) is 0 Å². The molecule has 0 aromatic rings. The molecule has 1 saturated carbocycles. The lowest BCUT2D eigenvalue weighted by atomic mass is 9.93. The molecular formula is C8H17NO. The van der Waals surface area contributed by atoms with Gasteiger partial charge >= 0.3 is 0 Å². The molecule has 0 aromatic heterocycles. The van der Waals surface area contributed by atoms with Crippen molar-refractivity contribution >= 4 is 0 Å². The normalized spacial score (nSPS) is 34.2. The van der Waals surface area contributed by atoms with Crippen LogP contribution in [0.25, 0.3) is 0 Å². The molecular weight excluding hydrogens is 126 g/mol. The molecule has 1 aliphatic rings. The summed E-state index contributed by atoms with van der Waals surface area (Å²) in [6, 6.07) is 0.596. The first-order valence-corrected chi connectivity index (χ1v) is 4.08. The van der Waals surface area contributed by atoms with Gasteiger partial charge in [-0.3, -0.25) is 0 Å². The zero-order valence-electron chi connectivity index (χ0n) is 6.89. The summed E-state index contributed by atoms with van der Waals surface area (Å²) in [5.41, 5.74) is 0. The molecule has 0 aliphatic heterocycles. The molecule has 0 bridgehead atoms. The topological polar surface area (TPSA) is 21.3 Å². The van der Waals surface area contributed by atoms with Crippen LogP contribution in [0.4, 0.5) is 0 Å². The molecule has 0 amide bonds. The quantitative estimate of drug-likeness (QED) is 0.626. The van der Waals surface area contributed by atoms with Crippen molar-refractivity contribution < 1.29 is 4.74 Å². The van der Waals surface area contributed by atoms with E-state index in [0.717, 1.165) is 0 Å². The average molecular weight is 143 g/mol. The summed E-state index contributed by atoms with van der Waals surface area (Å²) < 4.78 is 5.33. The second-order valence-corrected chi connectivity index (χ2v) is 2.95. The monoisotopic (exact) mass is 143 g/mol. The Morgan fingerprint density at radius 3 is 2.50 bits per heavy atom. The lowest BCUT2D eigenvalue weighted by Crippen LogP contribution is -2.41. The fourth-order valence-corrected chi connectivity index (χ4v) is 1.71. The van der Waals surface area contributed by atoms with Crippen LogP contribution in [0.2, 0.25) is 0 Å². The van der Waals surface area contributed by atoms with E-state index >= 15 is 0 Å². The average Bonchev–Trinajstić information content (AvgIpc) is 2.04. The van der Waals surface area contributed by atoms with Crippen LogP contribution in [0, 0.1) is 0 Å². The van der Waals surface area contributed by atoms with E-state index in [1.807, 2.05) is 7.05 Å². The molecule has 0 radical (unpaired) electrons. The highest BCUT2D eigenvalue weighted by Crippen LogP contribution is 2.19. The Balaban J connectivity index is 2.34. The minimum atomic E-state index is 0.457. The van der Waals surface area contributed by atoms with E-state index in [1.54, 1.807) is 7.11 Å². The van der Waals surface area contributed by atoms with Gasteiger partial charge in [0.15, 0.2) is 0 Å². The first-order chi connectivity index (χ1) is 4.88. The highest BCUT2D eigenvalue weighted by molar-refractivity contribution is 4.79. The third kappa shape index (κ3) is 1.70. The summed E-state index contributed by atoms with van der Waals surface area (Å²) >= 11 is 0. The van der Waals surface area contributed by atoms with Crippen LogP contribution in [0.3, 0.4) is 0 Å². The number of hydrogen-bond donors (Lipinski definition) is 1. The Hall–Kier alpha value is -0.0800. The number of likely N-dealkylation sites (N-methyl/N-ethyl adjacent to an activating group) is 1. The maximum Gasteiger partial charge on any atom is 0.0724 e. The standard InChI is InChI=1S/C8H17NO/c1-9-7-5-3-4-6-8(7)10-2/h7-9H,3-6H2,1-2H3/t7-,8?/m1/s1. The molecule has 1 rings (SSSR count). The number of rotatable bonds is 2. The fourth-order valence-electron chi connectivity index (χ4n) is 1.71. The van der Waals surface area contributed by atoms with Gasteiger partial charge in [0.25, 0.3) is 0 Å². The van der Waals surface area contributed by atoms with Crippen molar-refractivity contribution in [3.8, 4) is 0 Å². The van der Waals surface area contributed by atoms with E-state index in [4.69, 9.17) is 4.74 Å². The predicted octanol–water partition coefficient (Wildman–Crippen LogP) is 1.16. The zero-order valence-corrected chi connectivity index (χ0v) is 6.89. The summed E-state index contributed by atoms with van der Waals surface area (Å²) in [6.45, 7) is 0. The highest BCUT2D eigenvalue weighted by Gasteiger charge is 2.22. The molecule has 0 heterocycles. The Bertz CT molecular complexity index is 83.3. The van der Waals surface area contributed by atoms with Crippen molar-refractivity contribution in [2.24, 2.45) is 0 Å². The van der Waals surface area contributed by atoms with Crippen molar-refractivity contribution in [1.29, 1.82) is 0 Å². The molecule has 0 spiro atoms. The SMILES string of the molecule is CN[C@@H]1CCCCC1OC. The first-order valence-electron chi connectivity index (χ1n) is 4.08. The summed E-state index contributed by atoms with van der Waals surface area (Å²) in [5.74, 6) is 0. The number of hydrogen-bond acceptors (Lipinski definition) is 2. The van der Waals surface area contributed by atoms with Gasteiger partial charge in [-0.05, 0) is 19.9 Å². The van der Waals surface area contributed by atoms with Crippen LogP contribution >= 0.6 is 0 Å². The first kappa shape index (κ1) is 8.02. The molecule has 1 unspecified atom stereocenters. The number of methoxy groups -OCH3 is 1. The van der Waals surface area contributed by atoms with E-state index in [-0.39, 0.29) is 0 Å². The van der Waals surface area contributed by atoms with E-state index in [2.05, 4.69) is 5.32 Å². The third-order valence-corrected chi connectivity index (χ3v) is 2.38. The van der Waals surface area contributed by atoms with E-state index in [0.29, 0.717) is 12.1 Å². The van der Waals surface area contributed by atoms with Crippen molar-refractivity contribution in [1.82, 2.24) is 5.32 Å². The third-order valence-electron chi connectivity index (χ3n) is 2.38. The van der Waals surface area contributed by atoms with Gasteiger partial charge in [0, 0.05) is 13.2 Å². The molecule has 10 heavy (non-hydrogen) atoms. The predicted molar refractivity (Wildman–Crippen MR) is 42.1 cm³/mol. The van der Waals surface area contributed by atoms with Crippen molar-refractivity contribution in [3.05, 3.63) is 0 Å². The maximum absolute atomic E-state index is 5.33. The van der Waals surface area contributed by atoms with Gasteiger partial charge < -0.3 is 10.1 Å². The van der Waals surface area contributed by atoms with Crippen LogP contribution in [0.1, 0.15) is 25.7 Å². The van der Waals surface area contributed by atoms with Gasteiger partial charge in [-0.2, -0.15) is 0 Å². The van der Waals surface area contributed by atoms with Crippen LogP contribution in [0.5, 0.6) is 0 Å². The molecule has 60 valence electrons. The Morgan fingerprint density at radius 2 is 2.00 bits per heavy atom. The van der Waals surface area contributed by atoms with Crippen LogP contribution in [-0.4, -0.2) is 26.3 Å². The molecule has 1 aliphatic carbocycles. The summed E-state index contributed by atoms with van der Waals surface area (Å²) in [5, 5.41) is 3.28. The van der Waals surface area contributed by atoms with Gasteiger partial charge in [-0.1, -0.05) is 12.8 Å². The number of ether oxygens (including phenoxy) is 1. The second-order valence-electron chi connectivity index (χ2n) is 2.95. The Labute approximate surface area is 63.0 Å². The fraction of sp³-hybridized carbons (Fsp3) is 1.00. The smallest absolute Gasteiger partial charge is 0.0724 e. The van der Waals surface area contributed by atoms with E-state index in [1.165, 1.54) is 25.7 Å². The van der Waals surface area contributed by atoms with E-state index < -0.39 is 0 Å². The van der Waals surface area contributed by atoms with Gasteiger partial charge in [0.2, 0.25) is 0 Å². The largest absolute Gasteiger partial charge is 0.380 e. The molecule has 1 N–H and O–H groups in total. The van der Waals surface area contributed by atoms with Crippen molar-refractivity contribution in [3.63, 3.8) is 0 Å². The summed E-state index contributed by atoms with van der Waals surface area (Å²) in [7, 11) is 3.82. The molecule has 0 aromatic carbocycles. The van der Waals surface area contributed by atoms with Gasteiger partial charge in [-0.25, -0.2) is 0 Å². The lowest BCUT2D eigenvalue weighted by Gasteiger charge is -2.29. The maximum atomic E-state index is 5.33. The zero-order chi connectivity index (χ0) is 7.40. The molecule has 2 heteroatoms. The van der Waals surface area contributed by atoms with E-state index in [9.17, 15) is 0 Å². The Kier molecular flexibility index (Phi) is 3.16. The molecule has 2 nitrogen and oxygen atoms in total. The second kappa shape index (κ2) is 3.94. The minimum Gasteiger partial charge on any atom is -0.380 e. The van der Waals surface area contributed by atoms with Crippen molar-refractivity contribution in [2.75, 3.05) is 14.2 Å². The molecule has 2 atom stereocenters. The van der Waals surface area contributed by atoms with Crippen LogP contribution < -0.4 is 5.32 Å². The molecule has 1 fully saturated rings. The summed E-state index contributed by atoms with van der Waals surface area (Å²) in [6.07, 6.45) is 5.64. The van der Waals surface area contributed by atoms with Gasteiger partial charge in [0.05, 0.1) is 6.10 Å².